The van der Waals surface area contributed by atoms with Crippen LogP contribution >= 0.6 is 11.6 Å². The van der Waals surface area contributed by atoms with Crippen molar-refractivity contribution in [3.63, 3.8) is 0 Å². The number of rotatable bonds is 3. The van der Waals surface area contributed by atoms with Gasteiger partial charge < -0.3 is 10.5 Å². The first-order chi connectivity index (χ1) is 9.26. The Morgan fingerprint density at radius 2 is 2.10 bits per heavy atom. The van der Waals surface area contributed by atoms with Crippen LogP contribution in [0.4, 0.5) is 10.5 Å². The lowest BCUT2D eigenvalue weighted by atomic mass is 9.96. The number of nitrogens with one attached hydrogen (secondary N) is 1. The molecule has 0 spiro atoms. The molecule has 0 heterocycles. The largest absolute Gasteiger partial charge is 0.444 e. The molecule has 0 aromatic heterocycles. The van der Waals surface area contributed by atoms with Gasteiger partial charge in [-0.05, 0) is 51.3 Å². The van der Waals surface area contributed by atoms with E-state index >= 15 is 0 Å². The smallest absolute Gasteiger partial charge is 0.412 e. The highest BCUT2D eigenvalue weighted by molar-refractivity contribution is 6.33. The summed E-state index contributed by atoms with van der Waals surface area (Å²) >= 11 is 6.12. The average Bonchev–Trinajstić information content (AvgIpc) is 3.10. The molecule has 0 aliphatic heterocycles. The van der Waals surface area contributed by atoms with Gasteiger partial charge in [-0.15, -0.1) is 0 Å². The normalized spacial score (nSPS) is 16.6. The Hall–Kier alpha value is -1.26. The Morgan fingerprint density at radius 1 is 1.45 bits per heavy atom. The Bertz CT molecular complexity index is 519. The molecule has 1 aliphatic carbocycles. The first kappa shape index (κ1) is 15.1. The van der Waals surface area contributed by atoms with Crippen molar-refractivity contribution in [1.82, 2.24) is 0 Å². The van der Waals surface area contributed by atoms with Crippen LogP contribution in [-0.4, -0.2) is 18.2 Å². The summed E-state index contributed by atoms with van der Waals surface area (Å²) in [5.41, 5.74) is 7.04. The van der Waals surface area contributed by atoms with Crippen LogP contribution < -0.4 is 11.1 Å². The molecule has 1 saturated carbocycles. The molecule has 0 unspecified atom stereocenters. The fourth-order valence-corrected chi connectivity index (χ4v) is 2.29. The van der Waals surface area contributed by atoms with Crippen molar-refractivity contribution in [3.05, 3.63) is 28.8 Å². The minimum atomic E-state index is -0.539. The maximum Gasteiger partial charge on any atom is 0.412 e. The molecule has 1 aliphatic rings. The van der Waals surface area contributed by atoms with Crippen LogP contribution in [0.2, 0.25) is 5.02 Å². The highest BCUT2D eigenvalue weighted by Crippen LogP contribution is 2.48. The molecule has 2 rings (SSSR count). The summed E-state index contributed by atoms with van der Waals surface area (Å²) in [6, 6.07) is 5.66. The second-order valence-corrected chi connectivity index (χ2v) is 6.71. The topological polar surface area (TPSA) is 64.3 Å². The zero-order chi connectivity index (χ0) is 15.0. The number of ether oxygens (including phenoxy) is 1. The molecule has 3 N–H and O–H groups in total. The molecule has 0 atom stereocenters. The Labute approximate surface area is 124 Å². The zero-order valence-corrected chi connectivity index (χ0v) is 12.9. The first-order valence-electron chi connectivity index (χ1n) is 6.76. The third-order valence-corrected chi connectivity index (χ3v) is 3.79. The van der Waals surface area contributed by atoms with Crippen molar-refractivity contribution in [2.75, 3.05) is 11.9 Å². The molecule has 110 valence electrons. The van der Waals surface area contributed by atoms with Gasteiger partial charge in [0, 0.05) is 12.0 Å². The van der Waals surface area contributed by atoms with Gasteiger partial charge in [0.15, 0.2) is 0 Å². The molecule has 20 heavy (non-hydrogen) atoms. The van der Waals surface area contributed by atoms with E-state index in [9.17, 15) is 4.79 Å². The summed E-state index contributed by atoms with van der Waals surface area (Å²) in [7, 11) is 0. The van der Waals surface area contributed by atoms with E-state index in [1.165, 1.54) is 0 Å². The number of anilines is 1. The first-order valence-corrected chi connectivity index (χ1v) is 7.14. The molecule has 1 fully saturated rings. The standard InChI is InChI=1S/C15H21ClN2O2/c1-14(2,3)20-13(19)18-12-8-10(4-5-11(12)16)15(9-17)6-7-15/h4-5,8H,6-7,9,17H2,1-3H3,(H,18,19). The fraction of sp³-hybridized carbons (Fsp3) is 0.533. The maximum atomic E-state index is 11.8. The van der Waals surface area contributed by atoms with E-state index in [-0.39, 0.29) is 5.41 Å². The Balaban J connectivity index is 2.15. The van der Waals surface area contributed by atoms with E-state index < -0.39 is 11.7 Å². The van der Waals surface area contributed by atoms with Crippen molar-refractivity contribution in [1.29, 1.82) is 0 Å². The lowest BCUT2D eigenvalue weighted by Crippen LogP contribution is -2.27. The van der Waals surface area contributed by atoms with Gasteiger partial charge in [0.25, 0.3) is 0 Å². The van der Waals surface area contributed by atoms with Crippen LogP contribution in [0.25, 0.3) is 0 Å². The predicted octanol–water partition coefficient (Wildman–Crippen LogP) is 3.68. The number of carbonyl (C=O) groups is 1. The summed E-state index contributed by atoms with van der Waals surface area (Å²) in [5, 5.41) is 3.19. The molecule has 1 amide bonds. The molecule has 0 bridgehead atoms. The van der Waals surface area contributed by atoms with E-state index in [0.29, 0.717) is 17.3 Å². The SMILES string of the molecule is CC(C)(C)OC(=O)Nc1cc(C2(CN)CC2)ccc1Cl. The van der Waals surface area contributed by atoms with Gasteiger partial charge in [-0.2, -0.15) is 0 Å². The van der Waals surface area contributed by atoms with Crippen molar-refractivity contribution in [2.24, 2.45) is 5.73 Å². The number of halogens is 1. The third-order valence-electron chi connectivity index (χ3n) is 3.46. The van der Waals surface area contributed by atoms with Gasteiger partial charge in [0.1, 0.15) is 5.60 Å². The van der Waals surface area contributed by atoms with Crippen molar-refractivity contribution < 1.29 is 9.53 Å². The number of amides is 1. The van der Waals surface area contributed by atoms with E-state index in [4.69, 9.17) is 22.1 Å². The van der Waals surface area contributed by atoms with Gasteiger partial charge in [0.2, 0.25) is 0 Å². The summed E-state index contributed by atoms with van der Waals surface area (Å²) in [4.78, 5) is 11.8. The monoisotopic (exact) mass is 296 g/mol. The minimum absolute atomic E-state index is 0.0644. The van der Waals surface area contributed by atoms with Crippen LogP contribution in [0.3, 0.4) is 0 Å². The van der Waals surface area contributed by atoms with E-state index in [1.54, 1.807) is 6.07 Å². The number of carbonyl (C=O) groups excluding carboxylic acids is 1. The van der Waals surface area contributed by atoms with Gasteiger partial charge in [-0.3, -0.25) is 5.32 Å². The van der Waals surface area contributed by atoms with Crippen LogP contribution in [-0.2, 0) is 10.2 Å². The quantitative estimate of drug-likeness (QED) is 0.894. The molecule has 5 heteroatoms. The molecule has 0 saturated heterocycles. The number of hydrogen-bond donors (Lipinski definition) is 2. The summed E-state index contributed by atoms with van der Waals surface area (Å²) in [6.07, 6.45) is 1.66. The molecule has 1 aromatic rings. The molecule has 0 radical (unpaired) electrons. The lowest BCUT2D eigenvalue weighted by molar-refractivity contribution is 0.0636. The summed E-state index contributed by atoms with van der Waals surface area (Å²) in [6.45, 7) is 6.06. The minimum Gasteiger partial charge on any atom is -0.444 e. The fourth-order valence-electron chi connectivity index (χ4n) is 2.13. The maximum absolute atomic E-state index is 11.8. The van der Waals surface area contributed by atoms with E-state index in [0.717, 1.165) is 18.4 Å². The highest BCUT2D eigenvalue weighted by atomic mass is 35.5. The van der Waals surface area contributed by atoms with E-state index in [2.05, 4.69) is 5.32 Å². The van der Waals surface area contributed by atoms with Crippen molar-refractivity contribution in [2.45, 2.75) is 44.6 Å². The average molecular weight is 297 g/mol. The third kappa shape index (κ3) is 3.44. The predicted molar refractivity (Wildman–Crippen MR) is 81.3 cm³/mol. The summed E-state index contributed by atoms with van der Waals surface area (Å²) < 4.78 is 5.23. The van der Waals surface area contributed by atoms with Crippen LogP contribution in [0.1, 0.15) is 39.2 Å². The molecule has 4 nitrogen and oxygen atoms in total. The highest BCUT2D eigenvalue weighted by Gasteiger charge is 2.43. The number of benzene rings is 1. The van der Waals surface area contributed by atoms with Gasteiger partial charge in [-0.1, -0.05) is 17.7 Å². The molecular weight excluding hydrogens is 276 g/mol. The van der Waals surface area contributed by atoms with Crippen LogP contribution in [0.15, 0.2) is 18.2 Å². The Kier molecular flexibility index (Phi) is 3.98. The second kappa shape index (κ2) is 5.26. The molecular formula is C15H21ClN2O2. The number of hydrogen-bond acceptors (Lipinski definition) is 3. The summed E-state index contributed by atoms with van der Waals surface area (Å²) in [5.74, 6) is 0. The van der Waals surface area contributed by atoms with Gasteiger partial charge in [-0.25, -0.2) is 4.79 Å². The van der Waals surface area contributed by atoms with Crippen molar-refractivity contribution >= 4 is 23.4 Å². The van der Waals surface area contributed by atoms with Crippen molar-refractivity contribution in [3.8, 4) is 0 Å². The lowest BCUT2D eigenvalue weighted by Gasteiger charge is -2.21. The van der Waals surface area contributed by atoms with Crippen LogP contribution in [0.5, 0.6) is 0 Å². The number of nitrogens with two attached hydrogens (primary N) is 1. The van der Waals surface area contributed by atoms with Crippen LogP contribution in [0, 0.1) is 0 Å². The second-order valence-electron chi connectivity index (χ2n) is 6.31. The Morgan fingerprint density at radius 3 is 2.60 bits per heavy atom. The van der Waals surface area contributed by atoms with Gasteiger partial charge >= 0.3 is 6.09 Å². The van der Waals surface area contributed by atoms with E-state index in [1.807, 2.05) is 32.9 Å². The zero-order valence-electron chi connectivity index (χ0n) is 12.1. The van der Waals surface area contributed by atoms with Gasteiger partial charge in [0.05, 0.1) is 10.7 Å². The molecule has 1 aromatic carbocycles.